The summed E-state index contributed by atoms with van der Waals surface area (Å²) in [6, 6.07) is 2.15. The average Bonchev–Trinajstić information content (AvgIpc) is 3.51. The number of alkyl halides is 3. The second kappa shape index (κ2) is 12.1. The minimum atomic E-state index is -4.80. The predicted octanol–water partition coefficient (Wildman–Crippen LogP) is 5.18. The number of pyridine rings is 1. The normalized spacial score (nSPS) is 23.9. The lowest BCUT2D eigenvalue weighted by atomic mass is 10.0. The highest BCUT2D eigenvalue weighted by Gasteiger charge is 2.38. The van der Waals surface area contributed by atoms with Gasteiger partial charge in [0.2, 0.25) is 0 Å². The van der Waals surface area contributed by atoms with Crippen LogP contribution in [0.4, 0.5) is 29.2 Å². The van der Waals surface area contributed by atoms with Crippen LogP contribution in [-0.2, 0) is 6.18 Å². The van der Waals surface area contributed by atoms with Crippen LogP contribution in [0.25, 0.3) is 11.6 Å². The number of likely N-dealkylation sites (tertiary alicyclic amines) is 1. The maximum absolute atomic E-state index is 14.3. The molecule has 3 aliphatic rings. The molecule has 5 rings (SSSR count). The molecule has 8 nitrogen and oxygen atoms in total. The number of nitrogens with one attached hydrogen (secondary N) is 1. The van der Waals surface area contributed by atoms with Crippen LogP contribution in [-0.4, -0.2) is 70.8 Å². The number of piperazine rings is 1. The van der Waals surface area contributed by atoms with E-state index in [-0.39, 0.29) is 46.9 Å². The van der Waals surface area contributed by atoms with Crippen LogP contribution in [0.3, 0.4) is 0 Å². The van der Waals surface area contributed by atoms with E-state index >= 15 is 0 Å². The van der Waals surface area contributed by atoms with Crippen molar-refractivity contribution < 1.29 is 22.3 Å². The van der Waals surface area contributed by atoms with E-state index in [1.165, 1.54) is 19.2 Å². The second-order valence-electron chi connectivity index (χ2n) is 10.8. The van der Waals surface area contributed by atoms with Crippen molar-refractivity contribution in [3.63, 3.8) is 0 Å². The summed E-state index contributed by atoms with van der Waals surface area (Å²) in [4.78, 5) is 17.4. The maximum Gasteiger partial charge on any atom is 0.418 e. The molecule has 0 aliphatic carbocycles. The van der Waals surface area contributed by atoms with Gasteiger partial charge in [0.25, 0.3) is 0 Å². The molecule has 3 saturated heterocycles. The molecule has 222 valence electrons. The largest absolute Gasteiger partial charge is 0.462 e. The molecule has 0 amide bonds. The van der Waals surface area contributed by atoms with Gasteiger partial charge >= 0.3 is 12.2 Å². The van der Waals surface area contributed by atoms with E-state index in [1.54, 1.807) is 0 Å². The SMILES string of the molecule is CCN1CCC[C@H]1COc1ncc(/C=C(Cl)\C(=C\F)c2nc(N)cc(C)c2C(F)(F)F)c(N2CC3CCC(C2)N3)n1. The van der Waals surface area contributed by atoms with Crippen LogP contribution in [0.5, 0.6) is 6.01 Å². The monoisotopic (exact) mass is 595 g/mol. The van der Waals surface area contributed by atoms with Gasteiger partial charge in [-0.3, -0.25) is 4.90 Å². The first-order valence-electron chi connectivity index (χ1n) is 13.8. The highest BCUT2D eigenvalue weighted by atomic mass is 35.5. The van der Waals surface area contributed by atoms with E-state index in [0.717, 1.165) is 44.8 Å². The van der Waals surface area contributed by atoms with Gasteiger partial charge in [-0.1, -0.05) is 18.5 Å². The number of ether oxygens (including phenoxy) is 1. The smallest absolute Gasteiger partial charge is 0.418 e. The number of rotatable bonds is 8. The third-order valence-electron chi connectivity index (χ3n) is 8.02. The van der Waals surface area contributed by atoms with Gasteiger partial charge < -0.3 is 20.7 Å². The standard InChI is InChI=1S/C28H34ClF4N7O/c1-3-39-8-4-5-20(39)15-41-27-35-12-17(26(38-27)40-13-18-6-7-19(14-40)36-18)10-22(29)21(11-30)25-24(28(31,32)33)16(2)9-23(34)37-25/h9-12,18-20,36H,3-8,13-15H2,1-2H3,(H2,34,37)/b21-11-,22-10+/t18?,19?,20-/m0/s1. The molecule has 2 aromatic heterocycles. The zero-order valence-electron chi connectivity index (χ0n) is 23.0. The second-order valence-corrected chi connectivity index (χ2v) is 11.2. The summed E-state index contributed by atoms with van der Waals surface area (Å²) in [6.45, 7) is 7.14. The van der Waals surface area contributed by atoms with Gasteiger partial charge in [0.15, 0.2) is 0 Å². The number of allylic oxidation sites excluding steroid dienone is 2. The first-order valence-corrected chi connectivity index (χ1v) is 14.2. The molecule has 0 aromatic carbocycles. The van der Waals surface area contributed by atoms with Gasteiger partial charge in [0, 0.05) is 48.5 Å². The molecular formula is C28H34ClF4N7O. The van der Waals surface area contributed by atoms with Gasteiger partial charge in [-0.15, -0.1) is 0 Å². The molecule has 3 fully saturated rings. The molecule has 5 heterocycles. The lowest BCUT2D eigenvalue weighted by Crippen LogP contribution is -2.51. The molecular weight excluding hydrogens is 562 g/mol. The molecule has 0 spiro atoms. The Labute approximate surface area is 241 Å². The molecule has 2 unspecified atom stereocenters. The maximum atomic E-state index is 14.3. The fourth-order valence-electron chi connectivity index (χ4n) is 6.11. The minimum absolute atomic E-state index is 0.0133. The summed E-state index contributed by atoms with van der Waals surface area (Å²) in [5.41, 5.74) is 3.65. The molecule has 2 aromatic rings. The quantitative estimate of drug-likeness (QED) is 0.319. The average molecular weight is 596 g/mol. The molecule has 3 N–H and O–H groups in total. The first-order chi connectivity index (χ1) is 19.6. The van der Waals surface area contributed by atoms with Crippen molar-refractivity contribution in [1.29, 1.82) is 0 Å². The fraction of sp³-hybridized carbons (Fsp3) is 0.536. The lowest BCUT2D eigenvalue weighted by molar-refractivity contribution is -0.138. The Morgan fingerprint density at radius 1 is 1.22 bits per heavy atom. The molecule has 3 atom stereocenters. The Bertz CT molecular complexity index is 1320. The van der Waals surface area contributed by atoms with Crippen LogP contribution in [0.15, 0.2) is 23.6 Å². The summed E-state index contributed by atoms with van der Waals surface area (Å²) >= 11 is 6.52. The molecule has 13 heteroatoms. The number of aryl methyl sites for hydroxylation is 1. The van der Waals surface area contributed by atoms with Crippen LogP contribution < -0.4 is 20.7 Å². The number of hydrogen-bond donors (Lipinski definition) is 2. The molecule has 3 aliphatic heterocycles. The van der Waals surface area contributed by atoms with Crippen LogP contribution in [0.2, 0.25) is 0 Å². The zero-order valence-corrected chi connectivity index (χ0v) is 23.8. The third-order valence-corrected chi connectivity index (χ3v) is 8.34. The van der Waals surface area contributed by atoms with Gasteiger partial charge in [-0.2, -0.15) is 18.2 Å². The van der Waals surface area contributed by atoms with Gasteiger partial charge in [-0.25, -0.2) is 14.4 Å². The first kappa shape index (κ1) is 29.5. The highest BCUT2D eigenvalue weighted by molar-refractivity contribution is 6.39. The fourth-order valence-corrected chi connectivity index (χ4v) is 6.36. The van der Waals surface area contributed by atoms with Crippen LogP contribution in [0, 0.1) is 6.92 Å². The number of likely N-dealkylation sites (N-methyl/N-ethyl adjacent to an activating group) is 1. The van der Waals surface area contributed by atoms with Crippen molar-refractivity contribution in [3.05, 3.63) is 46.0 Å². The van der Waals surface area contributed by atoms with Crippen molar-refractivity contribution >= 4 is 34.9 Å². The Morgan fingerprint density at radius 3 is 2.61 bits per heavy atom. The summed E-state index contributed by atoms with van der Waals surface area (Å²) in [7, 11) is 0. The van der Waals surface area contributed by atoms with E-state index in [0.29, 0.717) is 31.1 Å². The Balaban J connectivity index is 1.50. The Morgan fingerprint density at radius 2 is 1.95 bits per heavy atom. The summed E-state index contributed by atoms with van der Waals surface area (Å²) in [5.74, 6) is 0.344. The zero-order chi connectivity index (χ0) is 29.3. The van der Waals surface area contributed by atoms with Gasteiger partial charge in [-0.05, 0) is 63.4 Å². The summed E-state index contributed by atoms with van der Waals surface area (Å²) in [5, 5.41) is 3.27. The Kier molecular flexibility index (Phi) is 8.72. The van der Waals surface area contributed by atoms with E-state index in [9.17, 15) is 17.6 Å². The molecule has 2 bridgehead atoms. The van der Waals surface area contributed by atoms with E-state index < -0.39 is 23.0 Å². The van der Waals surface area contributed by atoms with Gasteiger partial charge in [0.1, 0.15) is 18.2 Å². The lowest BCUT2D eigenvalue weighted by Gasteiger charge is -2.34. The number of fused-ring (bicyclic) bond motifs is 2. The van der Waals surface area contributed by atoms with Crippen molar-refractivity contribution in [2.75, 3.05) is 43.4 Å². The van der Waals surface area contributed by atoms with Crippen molar-refractivity contribution in [1.82, 2.24) is 25.2 Å². The van der Waals surface area contributed by atoms with E-state index in [4.69, 9.17) is 27.1 Å². The number of nitrogen functional groups attached to an aromatic ring is 1. The molecule has 0 saturated carbocycles. The third kappa shape index (κ3) is 6.44. The number of nitrogens with zero attached hydrogens (tertiary/aromatic N) is 5. The van der Waals surface area contributed by atoms with E-state index in [2.05, 4.69) is 32.0 Å². The van der Waals surface area contributed by atoms with Crippen molar-refractivity contribution in [2.45, 2.75) is 63.8 Å². The van der Waals surface area contributed by atoms with Crippen molar-refractivity contribution in [2.24, 2.45) is 0 Å². The van der Waals surface area contributed by atoms with Crippen LogP contribution >= 0.6 is 11.6 Å². The summed E-state index contributed by atoms with van der Waals surface area (Å²) in [6.07, 6.45) is 2.30. The van der Waals surface area contributed by atoms with Crippen molar-refractivity contribution in [3.8, 4) is 6.01 Å². The molecule has 0 radical (unpaired) electrons. The summed E-state index contributed by atoms with van der Waals surface area (Å²) < 4.78 is 62.1. The van der Waals surface area contributed by atoms with E-state index in [1.807, 2.05) is 0 Å². The topological polar surface area (TPSA) is 92.4 Å². The molecule has 41 heavy (non-hydrogen) atoms. The van der Waals surface area contributed by atoms with Gasteiger partial charge in [0.05, 0.1) is 22.6 Å². The number of nitrogens with two attached hydrogens (primary N) is 1. The number of aromatic nitrogens is 3. The number of hydrogen-bond acceptors (Lipinski definition) is 8. The highest BCUT2D eigenvalue weighted by Crippen LogP contribution is 2.41. The van der Waals surface area contributed by atoms with Crippen LogP contribution in [0.1, 0.15) is 55.0 Å². The predicted molar refractivity (Wildman–Crippen MR) is 151 cm³/mol. The Hall–Kier alpha value is -2.96. The number of anilines is 2. The number of halogens is 5. The minimum Gasteiger partial charge on any atom is -0.462 e.